The van der Waals surface area contributed by atoms with Gasteiger partial charge in [-0.2, -0.15) is 5.10 Å². The summed E-state index contributed by atoms with van der Waals surface area (Å²) < 4.78 is 7.49. The van der Waals surface area contributed by atoms with Crippen LogP contribution in [0, 0.1) is 6.92 Å². The summed E-state index contributed by atoms with van der Waals surface area (Å²) in [4.78, 5) is 0. The van der Waals surface area contributed by atoms with Gasteiger partial charge in [-0.25, -0.2) is 0 Å². The topological polar surface area (TPSA) is 53.1 Å². The molecule has 14 heavy (non-hydrogen) atoms. The highest BCUT2D eigenvalue weighted by molar-refractivity contribution is 5.18. The number of nitrogens with zero attached hydrogens (tertiary/aromatic N) is 2. The van der Waals surface area contributed by atoms with E-state index in [4.69, 9.17) is 10.5 Å². The van der Waals surface area contributed by atoms with Crippen molar-refractivity contribution in [1.82, 2.24) is 9.78 Å². The van der Waals surface area contributed by atoms with Gasteiger partial charge in [0.15, 0.2) is 0 Å². The minimum atomic E-state index is -0.0382. The molecule has 0 aromatic carbocycles. The van der Waals surface area contributed by atoms with Crippen LogP contribution in [0.15, 0.2) is 6.20 Å². The monoisotopic (exact) mass is 197 g/mol. The zero-order chi connectivity index (χ0) is 10.7. The first-order chi connectivity index (χ1) is 6.54. The molecule has 1 rings (SSSR count). The Morgan fingerprint density at radius 3 is 2.57 bits per heavy atom. The average molecular weight is 197 g/mol. The van der Waals surface area contributed by atoms with E-state index in [2.05, 4.69) is 5.10 Å². The Bertz CT molecular complexity index is 294. The molecule has 1 aromatic rings. The summed E-state index contributed by atoms with van der Waals surface area (Å²) in [7, 11) is 1.90. The number of aromatic nitrogens is 2. The van der Waals surface area contributed by atoms with E-state index < -0.39 is 0 Å². The lowest BCUT2D eigenvalue weighted by atomic mass is 10.1. The molecule has 0 aliphatic rings. The molecule has 0 fully saturated rings. The molecule has 4 heteroatoms. The molecule has 1 atom stereocenters. The van der Waals surface area contributed by atoms with Gasteiger partial charge < -0.3 is 10.5 Å². The van der Waals surface area contributed by atoms with Crippen LogP contribution in [0.4, 0.5) is 0 Å². The Morgan fingerprint density at radius 2 is 2.21 bits per heavy atom. The second kappa shape index (κ2) is 4.57. The number of ether oxygens (including phenoxy) is 1. The molecule has 0 amide bonds. The third-order valence-corrected chi connectivity index (χ3v) is 2.05. The number of aryl methyl sites for hydroxylation is 2. The highest BCUT2D eigenvalue weighted by Gasteiger charge is 2.16. The summed E-state index contributed by atoms with van der Waals surface area (Å²) in [5.41, 5.74) is 7.75. The average Bonchev–Trinajstić information content (AvgIpc) is 2.41. The van der Waals surface area contributed by atoms with Crippen LogP contribution >= 0.6 is 0 Å². The third-order valence-electron chi connectivity index (χ3n) is 2.05. The second-order valence-electron chi connectivity index (χ2n) is 3.75. The van der Waals surface area contributed by atoms with Crippen LogP contribution in [0.3, 0.4) is 0 Å². The Morgan fingerprint density at radius 1 is 1.57 bits per heavy atom. The quantitative estimate of drug-likeness (QED) is 0.788. The molecule has 0 aliphatic heterocycles. The van der Waals surface area contributed by atoms with E-state index in [9.17, 15) is 0 Å². The maximum absolute atomic E-state index is 5.70. The fourth-order valence-corrected chi connectivity index (χ4v) is 1.52. The van der Waals surface area contributed by atoms with E-state index in [0.717, 1.165) is 11.3 Å². The minimum Gasteiger partial charge on any atom is -0.369 e. The molecule has 1 heterocycles. The largest absolute Gasteiger partial charge is 0.369 e. The molecule has 2 N–H and O–H groups in total. The van der Waals surface area contributed by atoms with Crippen LogP contribution in [-0.2, 0) is 11.8 Å². The van der Waals surface area contributed by atoms with Crippen molar-refractivity contribution in [3.63, 3.8) is 0 Å². The number of hydrogen-bond donors (Lipinski definition) is 1. The predicted molar refractivity (Wildman–Crippen MR) is 56.0 cm³/mol. The molecule has 0 saturated carbocycles. The molecule has 0 radical (unpaired) electrons. The number of hydrogen-bond acceptors (Lipinski definition) is 3. The summed E-state index contributed by atoms with van der Waals surface area (Å²) in [6.07, 6.45) is 2.11. The Kier molecular flexibility index (Phi) is 3.66. The molecule has 1 aromatic heterocycles. The molecular formula is C10H19N3O. The molecule has 0 bridgehead atoms. The molecule has 0 saturated heterocycles. The van der Waals surface area contributed by atoms with Crippen molar-refractivity contribution < 1.29 is 4.74 Å². The van der Waals surface area contributed by atoms with Crippen LogP contribution in [0.1, 0.15) is 31.2 Å². The van der Waals surface area contributed by atoms with E-state index in [-0.39, 0.29) is 12.2 Å². The second-order valence-corrected chi connectivity index (χ2v) is 3.75. The van der Waals surface area contributed by atoms with Gasteiger partial charge in [-0.1, -0.05) is 0 Å². The van der Waals surface area contributed by atoms with Gasteiger partial charge in [0.2, 0.25) is 0 Å². The van der Waals surface area contributed by atoms with Crippen molar-refractivity contribution in [3.8, 4) is 0 Å². The number of nitrogens with two attached hydrogens (primary N) is 1. The van der Waals surface area contributed by atoms with Crippen LogP contribution in [-0.4, -0.2) is 22.4 Å². The van der Waals surface area contributed by atoms with Gasteiger partial charge in [0.25, 0.3) is 0 Å². The lowest BCUT2D eigenvalue weighted by molar-refractivity contribution is 0.0116. The normalized spacial score (nSPS) is 13.6. The zero-order valence-electron chi connectivity index (χ0n) is 9.32. The summed E-state index contributed by atoms with van der Waals surface area (Å²) in [6.45, 7) is 6.48. The van der Waals surface area contributed by atoms with Crippen LogP contribution in [0.2, 0.25) is 0 Å². The lowest BCUT2D eigenvalue weighted by Gasteiger charge is -2.18. The molecule has 4 nitrogen and oxygen atoms in total. The van der Waals surface area contributed by atoms with Gasteiger partial charge in [-0.05, 0) is 20.8 Å². The lowest BCUT2D eigenvalue weighted by Crippen LogP contribution is -2.19. The Labute approximate surface area is 85.0 Å². The van der Waals surface area contributed by atoms with Crippen molar-refractivity contribution >= 4 is 0 Å². The molecule has 80 valence electrons. The van der Waals surface area contributed by atoms with Gasteiger partial charge >= 0.3 is 0 Å². The van der Waals surface area contributed by atoms with Crippen LogP contribution in [0.25, 0.3) is 0 Å². The van der Waals surface area contributed by atoms with Crippen molar-refractivity contribution in [3.05, 3.63) is 17.5 Å². The summed E-state index contributed by atoms with van der Waals surface area (Å²) in [6, 6.07) is 0. The molecule has 1 unspecified atom stereocenters. The number of rotatable bonds is 4. The van der Waals surface area contributed by atoms with Gasteiger partial charge in [0.05, 0.1) is 17.9 Å². The molecular weight excluding hydrogens is 178 g/mol. The maximum Gasteiger partial charge on any atom is 0.0983 e. The summed E-state index contributed by atoms with van der Waals surface area (Å²) in [5.74, 6) is 0. The van der Waals surface area contributed by atoms with Gasteiger partial charge in [-0.15, -0.1) is 0 Å². The first-order valence-corrected chi connectivity index (χ1v) is 4.90. The van der Waals surface area contributed by atoms with Crippen molar-refractivity contribution in [2.75, 3.05) is 6.54 Å². The maximum atomic E-state index is 5.70. The van der Waals surface area contributed by atoms with Gasteiger partial charge in [0.1, 0.15) is 0 Å². The van der Waals surface area contributed by atoms with Gasteiger partial charge in [-0.3, -0.25) is 4.68 Å². The minimum absolute atomic E-state index is 0.0382. The smallest absolute Gasteiger partial charge is 0.0983 e. The standard InChI is InChI=1S/C10H19N3O/c1-7(2)14-10(5-11)9-6-13(4)12-8(9)3/h6-7,10H,5,11H2,1-4H3. The summed E-state index contributed by atoms with van der Waals surface area (Å²) >= 11 is 0. The van der Waals surface area contributed by atoms with E-state index in [1.165, 1.54) is 0 Å². The van der Waals surface area contributed by atoms with Crippen LogP contribution < -0.4 is 5.73 Å². The zero-order valence-corrected chi connectivity index (χ0v) is 9.32. The molecule has 0 spiro atoms. The fraction of sp³-hybridized carbons (Fsp3) is 0.700. The highest BCUT2D eigenvalue weighted by atomic mass is 16.5. The van der Waals surface area contributed by atoms with Crippen molar-refractivity contribution in [1.29, 1.82) is 0 Å². The summed E-state index contributed by atoms with van der Waals surface area (Å²) in [5, 5.41) is 4.27. The first kappa shape index (κ1) is 11.2. The predicted octanol–water partition coefficient (Wildman–Crippen LogP) is 1.15. The van der Waals surface area contributed by atoms with E-state index in [1.54, 1.807) is 4.68 Å². The Hall–Kier alpha value is -0.870. The highest BCUT2D eigenvalue weighted by Crippen LogP contribution is 2.20. The van der Waals surface area contributed by atoms with E-state index in [0.29, 0.717) is 6.54 Å². The fourth-order valence-electron chi connectivity index (χ4n) is 1.52. The van der Waals surface area contributed by atoms with E-state index >= 15 is 0 Å². The molecule has 0 aliphatic carbocycles. The SMILES string of the molecule is Cc1nn(C)cc1C(CN)OC(C)C. The van der Waals surface area contributed by atoms with Crippen LogP contribution in [0.5, 0.6) is 0 Å². The van der Waals surface area contributed by atoms with Gasteiger partial charge in [0, 0.05) is 25.4 Å². The van der Waals surface area contributed by atoms with Crippen molar-refractivity contribution in [2.45, 2.75) is 33.0 Å². The third kappa shape index (κ3) is 2.56. The van der Waals surface area contributed by atoms with Crippen molar-refractivity contribution in [2.24, 2.45) is 12.8 Å². The van der Waals surface area contributed by atoms with E-state index in [1.807, 2.05) is 34.0 Å². The Balaban J connectivity index is 2.83. The first-order valence-electron chi connectivity index (χ1n) is 4.90.